The third-order valence-corrected chi connectivity index (χ3v) is 5.87. The van der Waals surface area contributed by atoms with Gasteiger partial charge >= 0.3 is 0 Å². The molecule has 2 aromatic heterocycles. The monoisotopic (exact) mass is 448 g/mol. The van der Waals surface area contributed by atoms with Crippen molar-refractivity contribution < 1.29 is 19.0 Å². The molecule has 1 saturated heterocycles. The van der Waals surface area contributed by atoms with E-state index in [9.17, 15) is 4.79 Å². The fourth-order valence-electron chi connectivity index (χ4n) is 4.05. The molecule has 0 saturated carbocycles. The average molecular weight is 449 g/mol. The lowest BCUT2D eigenvalue weighted by Gasteiger charge is -2.32. The maximum Gasteiger partial charge on any atom is 0.272 e. The summed E-state index contributed by atoms with van der Waals surface area (Å²) in [7, 11) is 3.18. The summed E-state index contributed by atoms with van der Waals surface area (Å²) in [4.78, 5) is 23.5. The van der Waals surface area contributed by atoms with Crippen LogP contribution in [-0.2, 0) is 6.61 Å². The molecule has 0 aliphatic carbocycles. The van der Waals surface area contributed by atoms with Crippen LogP contribution in [0.15, 0.2) is 54.9 Å². The van der Waals surface area contributed by atoms with Gasteiger partial charge in [0.2, 0.25) is 0 Å². The number of carbonyl (C=O) groups excluding carboxylic acids is 1. The Labute approximate surface area is 193 Å². The van der Waals surface area contributed by atoms with Crippen LogP contribution in [0, 0.1) is 0 Å². The van der Waals surface area contributed by atoms with Crippen LogP contribution in [0.1, 0.15) is 40.4 Å². The van der Waals surface area contributed by atoms with Crippen LogP contribution in [-0.4, -0.2) is 48.1 Å². The number of pyridine rings is 2. The van der Waals surface area contributed by atoms with Crippen molar-refractivity contribution in [2.45, 2.75) is 25.4 Å². The summed E-state index contributed by atoms with van der Waals surface area (Å²) in [6.07, 6.45) is 4.94. The highest BCUT2D eigenvalue weighted by atomic mass is 16.5. The van der Waals surface area contributed by atoms with Crippen LogP contribution < -0.4 is 19.9 Å². The topological polar surface area (TPSA) is 99.8 Å². The molecule has 1 aromatic carbocycles. The molecule has 4 rings (SSSR count). The van der Waals surface area contributed by atoms with Crippen molar-refractivity contribution in [1.29, 1.82) is 0 Å². The summed E-state index contributed by atoms with van der Waals surface area (Å²) in [5.74, 6) is 2.29. The normalized spacial score (nSPS) is 14.1. The molecule has 1 aliphatic heterocycles. The molecule has 0 unspecified atom stereocenters. The Hall–Kier alpha value is -3.81. The zero-order chi connectivity index (χ0) is 23.2. The number of hydrogen-bond donors (Lipinski definition) is 1. The largest absolute Gasteiger partial charge is 0.496 e. The molecule has 1 aliphatic rings. The van der Waals surface area contributed by atoms with Crippen LogP contribution in [0.25, 0.3) is 0 Å². The third kappa shape index (κ3) is 5.16. The first-order chi connectivity index (χ1) is 16.1. The molecule has 8 heteroatoms. The van der Waals surface area contributed by atoms with Crippen LogP contribution in [0.3, 0.4) is 0 Å². The number of piperidine rings is 1. The highest BCUT2D eigenvalue weighted by molar-refractivity contribution is 5.93. The van der Waals surface area contributed by atoms with Crippen molar-refractivity contribution in [2.75, 3.05) is 33.0 Å². The van der Waals surface area contributed by atoms with E-state index < -0.39 is 0 Å². The Kier molecular flexibility index (Phi) is 6.92. The molecule has 1 fully saturated rings. The molecule has 3 aromatic rings. The molecular formula is C25H28N4O4. The predicted molar refractivity (Wildman–Crippen MR) is 125 cm³/mol. The van der Waals surface area contributed by atoms with E-state index in [0.29, 0.717) is 42.7 Å². The van der Waals surface area contributed by atoms with E-state index in [1.807, 2.05) is 35.2 Å². The first-order valence-corrected chi connectivity index (χ1v) is 10.9. The molecule has 8 nitrogen and oxygen atoms in total. The van der Waals surface area contributed by atoms with E-state index in [2.05, 4.69) is 9.97 Å². The van der Waals surface area contributed by atoms with Crippen LogP contribution >= 0.6 is 0 Å². The van der Waals surface area contributed by atoms with Crippen molar-refractivity contribution in [3.63, 3.8) is 0 Å². The molecule has 3 heterocycles. The smallest absolute Gasteiger partial charge is 0.272 e. The minimum Gasteiger partial charge on any atom is -0.496 e. The number of nitrogens with zero attached hydrogens (tertiary/aromatic N) is 3. The van der Waals surface area contributed by atoms with Gasteiger partial charge in [0.05, 0.1) is 20.4 Å². The number of ether oxygens (including phenoxy) is 3. The van der Waals surface area contributed by atoms with Gasteiger partial charge in [-0.1, -0.05) is 30.3 Å². The number of nitrogens with two attached hydrogens (primary N) is 1. The molecule has 0 bridgehead atoms. The Morgan fingerprint density at radius 2 is 1.73 bits per heavy atom. The second kappa shape index (κ2) is 10.2. The number of nitrogen functional groups attached to an aromatic ring is 1. The van der Waals surface area contributed by atoms with E-state index in [0.717, 1.165) is 29.7 Å². The minimum absolute atomic E-state index is 0.122. The fraction of sp³-hybridized carbons (Fsp3) is 0.320. The van der Waals surface area contributed by atoms with Crippen LogP contribution in [0.2, 0.25) is 0 Å². The summed E-state index contributed by atoms with van der Waals surface area (Å²) in [6, 6.07) is 13.2. The van der Waals surface area contributed by atoms with Gasteiger partial charge in [0, 0.05) is 37.0 Å². The van der Waals surface area contributed by atoms with E-state index in [1.54, 1.807) is 38.7 Å². The van der Waals surface area contributed by atoms with Gasteiger partial charge in [0.25, 0.3) is 5.91 Å². The Morgan fingerprint density at radius 1 is 1.00 bits per heavy atom. The number of aromatic nitrogens is 2. The Morgan fingerprint density at radius 3 is 2.42 bits per heavy atom. The van der Waals surface area contributed by atoms with E-state index >= 15 is 0 Å². The van der Waals surface area contributed by atoms with E-state index in [1.165, 1.54) is 0 Å². The minimum atomic E-state index is -0.122. The number of anilines is 1. The maximum atomic E-state index is 13.1. The van der Waals surface area contributed by atoms with Gasteiger partial charge in [-0.2, -0.15) is 0 Å². The standard InChI is InChI=1S/C25H28N4O4/c1-31-21-13-24(26)28-14-19(21)18-8-10-29(11-9-18)25(30)20-12-22(32-2)23(15-27-20)33-16-17-6-4-3-5-7-17/h3-7,12-15,18H,8-11,16H2,1-2H3,(H2,26,28). The number of methoxy groups -OCH3 is 2. The molecule has 0 radical (unpaired) electrons. The molecule has 33 heavy (non-hydrogen) atoms. The summed E-state index contributed by atoms with van der Waals surface area (Å²) < 4.78 is 16.8. The summed E-state index contributed by atoms with van der Waals surface area (Å²) >= 11 is 0. The zero-order valence-electron chi connectivity index (χ0n) is 18.9. The van der Waals surface area contributed by atoms with Crippen molar-refractivity contribution in [3.8, 4) is 17.2 Å². The summed E-state index contributed by atoms with van der Waals surface area (Å²) in [5, 5.41) is 0. The molecule has 0 atom stereocenters. The number of hydrogen-bond acceptors (Lipinski definition) is 7. The third-order valence-electron chi connectivity index (χ3n) is 5.87. The lowest BCUT2D eigenvalue weighted by molar-refractivity contribution is 0.0706. The van der Waals surface area contributed by atoms with Gasteiger partial charge in [-0.25, -0.2) is 9.97 Å². The van der Waals surface area contributed by atoms with Crippen LogP contribution in [0.5, 0.6) is 17.2 Å². The van der Waals surface area contributed by atoms with Crippen molar-refractivity contribution >= 4 is 11.7 Å². The lowest BCUT2D eigenvalue weighted by atomic mass is 9.89. The highest BCUT2D eigenvalue weighted by Gasteiger charge is 2.27. The van der Waals surface area contributed by atoms with E-state index in [-0.39, 0.29) is 11.8 Å². The molecule has 172 valence electrons. The zero-order valence-corrected chi connectivity index (χ0v) is 18.9. The number of amides is 1. The first kappa shape index (κ1) is 22.4. The Bertz CT molecular complexity index is 1100. The van der Waals surface area contributed by atoms with Crippen molar-refractivity contribution in [2.24, 2.45) is 0 Å². The van der Waals surface area contributed by atoms with E-state index in [4.69, 9.17) is 19.9 Å². The molecule has 1 amide bonds. The first-order valence-electron chi connectivity index (χ1n) is 10.9. The Balaban J connectivity index is 1.40. The van der Waals surface area contributed by atoms with Crippen LogP contribution in [0.4, 0.5) is 5.82 Å². The summed E-state index contributed by atoms with van der Waals surface area (Å²) in [5.41, 5.74) is 8.17. The number of rotatable bonds is 7. The highest BCUT2D eigenvalue weighted by Crippen LogP contribution is 2.35. The quantitative estimate of drug-likeness (QED) is 0.589. The molecule has 2 N–H and O–H groups in total. The second-order valence-corrected chi connectivity index (χ2v) is 7.91. The average Bonchev–Trinajstić information content (AvgIpc) is 2.87. The van der Waals surface area contributed by atoms with Crippen molar-refractivity contribution in [3.05, 3.63) is 71.7 Å². The molecular weight excluding hydrogens is 420 g/mol. The van der Waals surface area contributed by atoms with Gasteiger partial charge in [-0.15, -0.1) is 0 Å². The van der Waals surface area contributed by atoms with Gasteiger partial charge in [0.1, 0.15) is 23.9 Å². The lowest BCUT2D eigenvalue weighted by Crippen LogP contribution is -2.38. The SMILES string of the molecule is COc1cc(C(=O)N2CCC(c3cnc(N)cc3OC)CC2)ncc1OCc1ccccc1. The fourth-order valence-corrected chi connectivity index (χ4v) is 4.05. The van der Waals surface area contributed by atoms with Gasteiger partial charge in [-0.05, 0) is 24.3 Å². The summed E-state index contributed by atoms with van der Waals surface area (Å²) in [6.45, 7) is 1.63. The number of carbonyl (C=O) groups is 1. The predicted octanol–water partition coefficient (Wildman–Crippen LogP) is 3.67. The number of likely N-dealkylation sites (tertiary alicyclic amines) is 1. The van der Waals surface area contributed by atoms with Gasteiger partial charge in [-0.3, -0.25) is 4.79 Å². The number of benzene rings is 1. The van der Waals surface area contributed by atoms with Gasteiger partial charge in [0.15, 0.2) is 11.5 Å². The van der Waals surface area contributed by atoms with Crippen molar-refractivity contribution in [1.82, 2.24) is 14.9 Å². The molecule has 0 spiro atoms. The maximum absolute atomic E-state index is 13.1. The van der Waals surface area contributed by atoms with Gasteiger partial charge < -0.3 is 24.8 Å². The second-order valence-electron chi connectivity index (χ2n) is 7.91.